The molecule has 5 heterocycles. The second kappa shape index (κ2) is 29.8. The number of fused-ring (bicyclic) bond motifs is 3. The van der Waals surface area contributed by atoms with E-state index in [1.54, 1.807) is 23.1 Å². The fraction of sp³-hybridized carbons (Fsp3) is 0.333. The molecule has 4 atom stereocenters. The average molecular weight is 1150 g/mol. The molecular weight excluding hydrogens is 1070 g/mol. The molecule has 7 aromatic carbocycles. The van der Waals surface area contributed by atoms with Crippen molar-refractivity contribution in [3.63, 3.8) is 0 Å². The maximum absolute atomic E-state index is 14.3. The predicted molar refractivity (Wildman–Crippen MR) is 320 cm³/mol. The van der Waals surface area contributed by atoms with Crippen LogP contribution in [0, 0.1) is 17.5 Å². The summed E-state index contributed by atoms with van der Waals surface area (Å²) in [6, 6.07) is 51.2. The molecule has 12 rings (SSSR count). The first kappa shape index (κ1) is 63.2. The molecule has 0 saturated carbocycles. The minimum absolute atomic E-state index is 0. The van der Waals surface area contributed by atoms with Crippen LogP contribution in [0.25, 0.3) is 0 Å². The van der Waals surface area contributed by atoms with E-state index in [2.05, 4.69) is 15.1 Å². The standard InChI is InChI=1S/C30H31FN2O3.C29H29FN2O3.C10H12FN.Li.H2O/c1-36-30(35)27-19-25(32-17-9-8-10-21-15-16-24(31)18-26(21)32)20-33(27)29(34)28(22-11-4-2-5-12-22)23-13-6-3-7-14-23;30-23-15-14-20-9-7-8-16-31(25(20)17-23)24-18-26(29(34)35)32(19-24)28(33)27(21-10-3-1-4-11-21)22-12-5-2-6-13-22;11-9-5-4-8-3-1-2-6-12-10(8)7-9;;/h2-7,11-16,18,25,27-28H,8-10,17,19-20H2,1H3;1-6,10-15,17,24,26-27H,7-9,16,18-19H2,(H,34,35);4-5,7,12H,1-3,6H2;;1H2/q;;;+1;/p-1/t25-,27-;24-,26-;;;/m00.../s1. The second-order valence-electron chi connectivity index (χ2n) is 22.2. The molecule has 2 saturated heterocycles. The van der Waals surface area contributed by atoms with Crippen molar-refractivity contribution in [1.29, 1.82) is 0 Å². The van der Waals surface area contributed by atoms with E-state index in [0.717, 1.165) is 115 Å². The number of carboxylic acid groups (broad SMARTS) is 1. The number of carboxylic acids is 1. The van der Waals surface area contributed by atoms with E-state index in [0.29, 0.717) is 25.9 Å². The summed E-state index contributed by atoms with van der Waals surface area (Å²) in [5, 5.41) is 13.3. The first-order chi connectivity index (χ1) is 40.4. The van der Waals surface area contributed by atoms with Gasteiger partial charge >= 0.3 is 30.8 Å². The van der Waals surface area contributed by atoms with E-state index in [9.17, 15) is 37.5 Å². The summed E-state index contributed by atoms with van der Waals surface area (Å²) in [5.74, 6) is -3.61. The number of esters is 1. The van der Waals surface area contributed by atoms with Gasteiger partial charge in [0.25, 0.3) is 0 Å². The van der Waals surface area contributed by atoms with Gasteiger partial charge in [-0.15, -0.1) is 0 Å². The number of anilines is 3. The Morgan fingerprint density at radius 1 is 0.506 bits per heavy atom. The predicted octanol–water partition coefficient (Wildman–Crippen LogP) is 9.20. The molecule has 0 aliphatic carbocycles. The van der Waals surface area contributed by atoms with Crippen LogP contribution in [0.15, 0.2) is 176 Å². The smallest absolute Gasteiger partial charge is 0.870 e. The maximum atomic E-state index is 14.3. The van der Waals surface area contributed by atoms with Crippen molar-refractivity contribution in [3.8, 4) is 0 Å². The number of carbonyl (C=O) groups is 4. The Labute approximate surface area is 508 Å². The molecule has 0 bridgehead atoms. The number of ether oxygens (including phenoxy) is 1. The third kappa shape index (κ3) is 15.0. The van der Waals surface area contributed by atoms with Crippen molar-refractivity contribution in [2.75, 3.05) is 55.0 Å². The topological polar surface area (TPSA) is 153 Å². The number of aryl methyl sites for hydroxylation is 3. The number of rotatable bonds is 10. The number of hydrogen-bond donors (Lipinski definition) is 2. The van der Waals surface area contributed by atoms with Crippen LogP contribution >= 0.6 is 0 Å². The zero-order valence-electron chi connectivity index (χ0n) is 48.4. The van der Waals surface area contributed by atoms with Crippen molar-refractivity contribution in [3.05, 3.63) is 232 Å². The molecule has 438 valence electrons. The normalized spacial score (nSPS) is 18.8. The van der Waals surface area contributed by atoms with Gasteiger partial charge in [0.2, 0.25) is 11.8 Å². The monoisotopic (exact) mass is 1150 g/mol. The Morgan fingerprint density at radius 2 is 0.882 bits per heavy atom. The van der Waals surface area contributed by atoms with E-state index < -0.39 is 35.9 Å². The summed E-state index contributed by atoms with van der Waals surface area (Å²) in [4.78, 5) is 61.1. The molecule has 2 fully saturated rings. The fourth-order valence-corrected chi connectivity index (χ4v) is 12.8. The fourth-order valence-electron chi connectivity index (χ4n) is 12.8. The van der Waals surface area contributed by atoms with Gasteiger partial charge in [-0.1, -0.05) is 140 Å². The number of amides is 2. The second-order valence-corrected chi connectivity index (χ2v) is 22.2. The Bertz CT molecular complexity index is 3270. The van der Waals surface area contributed by atoms with Gasteiger partial charge in [0.1, 0.15) is 29.5 Å². The summed E-state index contributed by atoms with van der Waals surface area (Å²) < 4.78 is 46.4. The number of aliphatic carboxylic acids is 1. The summed E-state index contributed by atoms with van der Waals surface area (Å²) in [7, 11) is 1.36. The number of nitrogens with zero attached hydrogens (tertiary/aromatic N) is 4. The minimum atomic E-state index is -1.00. The third-order valence-electron chi connectivity index (χ3n) is 17.0. The van der Waals surface area contributed by atoms with Gasteiger partial charge in [-0.25, -0.2) is 22.8 Å². The van der Waals surface area contributed by atoms with Crippen molar-refractivity contribution in [1.82, 2.24) is 9.80 Å². The molecule has 16 heteroatoms. The summed E-state index contributed by atoms with van der Waals surface area (Å²) in [5.41, 5.74) is 9.53. The first-order valence-electron chi connectivity index (χ1n) is 29.2. The van der Waals surface area contributed by atoms with Crippen LogP contribution in [-0.2, 0) is 43.2 Å². The van der Waals surface area contributed by atoms with Crippen LogP contribution in [0.2, 0.25) is 0 Å². The van der Waals surface area contributed by atoms with Crippen molar-refractivity contribution in [2.24, 2.45) is 0 Å². The first-order valence-corrected chi connectivity index (χ1v) is 29.2. The van der Waals surface area contributed by atoms with Gasteiger partial charge in [0.15, 0.2) is 0 Å². The van der Waals surface area contributed by atoms with Crippen molar-refractivity contribution >= 4 is 40.8 Å². The molecule has 0 spiro atoms. The summed E-state index contributed by atoms with van der Waals surface area (Å²) in [6.45, 7) is 3.12. The Hall–Kier alpha value is -7.83. The minimum Gasteiger partial charge on any atom is -0.870 e. The Morgan fingerprint density at radius 3 is 1.31 bits per heavy atom. The quantitative estimate of drug-likeness (QED) is 0.100. The van der Waals surface area contributed by atoms with E-state index in [4.69, 9.17) is 4.74 Å². The van der Waals surface area contributed by atoms with Gasteiger partial charge in [-0.05, 0) is 133 Å². The van der Waals surface area contributed by atoms with Crippen LogP contribution in [0.5, 0.6) is 0 Å². The Kier molecular flexibility index (Phi) is 22.2. The number of halogens is 3. The molecule has 0 radical (unpaired) electrons. The van der Waals surface area contributed by atoms with E-state index in [-0.39, 0.29) is 65.7 Å². The van der Waals surface area contributed by atoms with Gasteiger partial charge < -0.3 is 40.2 Å². The molecule has 12 nitrogen and oxygen atoms in total. The molecule has 5 aliphatic heterocycles. The molecule has 5 aliphatic rings. The number of benzene rings is 7. The number of nitrogens with one attached hydrogen (secondary N) is 1. The third-order valence-corrected chi connectivity index (χ3v) is 17.0. The SMILES string of the molecule is COC(=O)[C@@H]1C[C@H](N2CCCCc3ccc(F)cc32)CN1C(=O)C(c1ccccc1)c1ccccc1.Fc1ccc2c(c1)NCCCC2.O=C(O)[C@@H]1C[C@H](N2CCCCc3ccc(F)cc32)CN1C(=O)C(c1ccccc1)c1ccccc1.[Li+].[OH-]. The molecule has 85 heavy (non-hydrogen) atoms. The average Bonchev–Trinajstić information content (AvgIpc) is 3.91. The van der Waals surface area contributed by atoms with Crippen molar-refractivity contribution < 1.29 is 66.5 Å². The zero-order chi connectivity index (χ0) is 57.8. The number of hydrogen-bond acceptors (Lipinski definition) is 9. The molecule has 0 unspecified atom stereocenters. The van der Waals surface area contributed by atoms with Crippen LogP contribution in [0.3, 0.4) is 0 Å². The van der Waals surface area contributed by atoms with Crippen molar-refractivity contribution in [2.45, 2.75) is 107 Å². The molecule has 2 amide bonds. The van der Waals surface area contributed by atoms with Crippen LogP contribution in [-0.4, -0.2) is 108 Å². The van der Waals surface area contributed by atoms with Crippen LogP contribution in [0.4, 0.5) is 30.2 Å². The van der Waals surface area contributed by atoms with Gasteiger partial charge in [0.05, 0.1) is 18.9 Å². The van der Waals surface area contributed by atoms with Crippen LogP contribution < -0.4 is 34.0 Å². The summed E-state index contributed by atoms with van der Waals surface area (Å²) >= 11 is 0. The number of methoxy groups -OCH3 is 1. The molecule has 0 aromatic heterocycles. The van der Waals surface area contributed by atoms with E-state index >= 15 is 0 Å². The van der Waals surface area contributed by atoms with E-state index in [1.807, 2.05) is 140 Å². The zero-order valence-corrected chi connectivity index (χ0v) is 48.4. The molecule has 3 N–H and O–H groups in total. The Balaban J connectivity index is 0.000000181. The van der Waals surface area contributed by atoms with E-state index in [1.165, 1.54) is 48.6 Å². The molecule has 7 aromatic rings. The number of carbonyl (C=O) groups excluding carboxylic acids is 3. The van der Waals surface area contributed by atoms with Gasteiger partial charge in [0, 0.05) is 74.7 Å². The summed E-state index contributed by atoms with van der Waals surface area (Å²) in [6.07, 6.45) is 9.91. The van der Waals surface area contributed by atoms with Gasteiger partial charge in [-0.2, -0.15) is 0 Å². The van der Waals surface area contributed by atoms with Crippen LogP contribution in [0.1, 0.15) is 102 Å². The van der Waals surface area contributed by atoms with Gasteiger partial charge in [-0.3, -0.25) is 9.59 Å². The number of likely N-dealkylation sites (tertiary alicyclic amines) is 2. The maximum Gasteiger partial charge on any atom is 1.00 e. The molecular formula is C69H73F3LiN5O7. The largest absolute Gasteiger partial charge is 1.00 e.